The number of amides is 1. The molecule has 4 heteroatoms. The van der Waals surface area contributed by atoms with Crippen molar-refractivity contribution in [2.45, 2.75) is 32.2 Å². The van der Waals surface area contributed by atoms with Crippen molar-refractivity contribution >= 4 is 17.2 Å². The van der Waals surface area contributed by atoms with E-state index in [1.807, 2.05) is 24.6 Å². The summed E-state index contributed by atoms with van der Waals surface area (Å²) in [6, 6.07) is 0. The van der Waals surface area contributed by atoms with E-state index in [4.69, 9.17) is 0 Å². The first-order chi connectivity index (χ1) is 7.57. The first-order valence-electron chi connectivity index (χ1n) is 5.53. The zero-order valence-electron chi connectivity index (χ0n) is 9.62. The van der Waals surface area contributed by atoms with Gasteiger partial charge in [0.2, 0.25) is 0 Å². The van der Waals surface area contributed by atoms with Crippen LogP contribution in [0.15, 0.2) is 10.8 Å². The molecule has 88 valence electrons. The Morgan fingerprint density at radius 1 is 1.62 bits per heavy atom. The number of nitrogens with one attached hydrogen (secondary N) is 1. The van der Waals surface area contributed by atoms with Gasteiger partial charge < -0.3 is 10.4 Å². The van der Waals surface area contributed by atoms with Crippen LogP contribution in [-0.4, -0.2) is 23.2 Å². The van der Waals surface area contributed by atoms with Gasteiger partial charge in [-0.25, -0.2) is 0 Å². The maximum absolute atomic E-state index is 12.0. The molecule has 0 saturated heterocycles. The number of aryl methyl sites for hydroxylation is 1. The molecule has 3 nitrogen and oxygen atoms in total. The van der Waals surface area contributed by atoms with Crippen molar-refractivity contribution in [2.75, 3.05) is 6.61 Å². The van der Waals surface area contributed by atoms with Gasteiger partial charge in [0.05, 0.1) is 17.7 Å². The van der Waals surface area contributed by atoms with Crippen LogP contribution in [0.25, 0.3) is 0 Å². The summed E-state index contributed by atoms with van der Waals surface area (Å²) >= 11 is 1.53. The number of hydrogen-bond donors (Lipinski definition) is 2. The molecule has 0 aliphatic heterocycles. The molecule has 1 aromatic heterocycles. The van der Waals surface area contributed by atoms with E-state index in [0.29, 0.717) is 5.92 Å². The molecular weight excluding hydrogens is 222 g/mol. The van der Waals surface area contributed by atoms with Crippen LogP contribution in [0.3, 0.4) is 0 Å². The number of carbonyl (C=O) groups excluding carboxylic acids is 1. The third-order valence-electron chi connectivity index (χ3n) is 3.31. The summed E-state index contributed by atoms with van der Waals surface area (Å²) in [6.45, 7) is 3.86. The Hall–Kier alpha value is -0.870. The van der Waals surface area contributed by atoms with Crippen molar-refractivity contribution in [3.63, 3.8) is 0 Å². The highest BCUT2D eigenvalue weighted by Crippen LogP contribution is 2.39. The minimum Gasteiger partial charge on any atom is -0.394 e. The van der Waals surface area contributed by atoms with E-state index >= 15 is 0 Å². The molecule has 1 unspecified atom stereocenters. The van der Waals surface area contributed by atoms with Gasteiger partial charge in [-0.15, -0.1) is 0 Å². The highest BCUT2D eigenvalue weighted by molar-refractivity contribution is 7.08. The summed E-state index contributed by atoms with van der Waals surface area (Å²) in [4.78, 5) is 12.0. The second kappa shape index (κ2) is 4.18. The molecule has 0 radical (unpaired) electrons. The molecule has 2 N–H and O–H groups in total. The minimum atomic E-state index is -0.453. The fourth-order valence-corrected chi connectivity index (χ4v) is 2.74. The Labute approximate surface area is 99.5 Å². The van der Waals surface area contributed by atoms with E-state index in [1.54, 1.807) is 0 Å². The predicted octanol–water partition coefficient (Wildman–Crippen LogP) is 1.95. The van der Waals surface area contributed by atoms with E-state index in [0.717, 1.165) is 24.0 Å². The topological polar surface area (TPSA) is 49.3 Å². The maximum Gasteiger partial charge on any atom is 0.252 e. The Morgan fingerprint density at radius 3 is 2.75 bits per heavy atom. The van der Waals surface area contributed by atoms with Crippen LogP contribution in [0.2, 0.25) is 0 Å². The molecule has 1 amide bonds. The molecule has 1 aliphatic rings. The monoisotopic (exact) mass is 239 g/mol. The summed E-state index contributed by atoms with van der Waals surface area (Å²) in [5.74, 6) is 0.364. The lowest BCUT2D eigenvalue weighted by atomic mass is 9.96. The molecule has 1 atom stereocenters. The van der Waals surface area contributed by atoms with Crippen LogP contribution in [0.5, 0.6) is 0 Å². The molecule has 1 heterocycles. The van der Waals surface area contributed by atoms with Crippen molar-refractivity contribution in [2.24, 2.45) is 5.92 Å². The zero-order valence-corrected chi connectivity index (χ0v) is 10.4. The van der Waals surface area contributed by atoms with Gasteiger partial charge in [-0.1, -0.05) is 0 Å². The summed E-state index contributed by atoms with van der Waals surface area (Å²) in [6.07, 6.45) is 2.19. The van der Waals surface area contributed by atoms with E-state index in [9.17, 15) is 9.90 Å². The molecule has 1 aromatic rings. The molecular formula is C12H17NO2S. The van der Waals surface area contributed by atoms with Crippen molar-refractivity contribution < 1.29 is 9.90 Å². The minimum absolute atomic E-state index is 0.00654. The van der Waals surface area contributed by atoms with E-state index in [1.165, 1.54) is 11.3 Å². The van der Waals surface area contributed by atoms with Gasteiger partial charge in [0.25, 0.3) is 5.91 Å². The average molecular weight is 239 g/mol. The molecule has 1 aliphatic carbocycles. The Morgan fingerprint density at radius 2 is 2.31 bits per heavy atom. The second-order valence-corrected chi connectivity index (χ2v) is 5.52. The first-order valence-corrected chi connectivity index (χ1v) is 6.47. The van der Waals surface area contributed by atoms with Gasteiger partial charge in [-0.3, -0.25) is 4.79 Å². The van der Waals surface area contributed by atoms with Gasteiger partial charge in [0.1, 0.15) is 0 Å². The average Bonchev–Trinajstić information content (AvgIpc) is 3.02. The van der Waals surface area contributed by atoms with Gasteiger partial charge in [-0.05, 0) is 43.6 Å². The highest BCUT2D eigenvalue weighted by Gasteiger charge is 2.42. The standard InChI is InChI=1S/C12H17NO2S/c1-8-5-16-6-10(8)11(15)13-12(2,7-14)9-3-4-9/h5-6,9,14H,3-4,7H2,1-2H3,(H,13,15). The van der Waals surface area contributed by atoms with Crippen LogP contribution in [0.4, 0.5) is 0 Å². The quantitative estimate of drug-likeness (QED) is 0.843. The molecule has 2 rings (SSSR count). The van der Waals surface area contributed by atoms with Crippen molar-refractivity contribution in [1.29, 1.82) is 0 Å². The third-order valence-corrected chi connectivity index (χ3v) is 4.17. The summed E-state index contributed by atoms with van der Waals surface area (Å²) in [7, 11) is 0. The molecule has 0 bridgehead atoms. The third kappa shape index (κ3) is 2.13. The Kier molecular flexibility index (Phi) is 3.04. The normalized spacial score (nSPS) is 19.2. The van der Waals surface area contributed by atoms with Gasteiger partial charge >= 0.3 is 0 Å². The first kappa shape index (κ1) is 11.6. The number of rotatable bonds is 4. The fourth-order valence-electron chi connectivity index (χ4n) is 1.91. The van der Waals surface area contributed by atoms with Crippen molar-refractivity contribution in [3.8, 4) is 0 Å². The van der Waals surface area contributed by atoms with Crippen LogP contribution in [-0.2, 0) is 0 Å². The lowest BCUT2D eigenvalue weighted by Crippen LogP contribution is -2.50. The maximum atomic E-state index is 12.0. The smallest absolute Gasteiger partial charge is 0.252 e. The van der Waals surface area contributed by atoms with Crippen molar-refractivity contribution in [1.82, 2.24) is 5.32 Å². The van der Waals surface area contributed by atoms with Crippen LogP contribution in [0.1, 0.15) is 35.7 Å². The van der Waals surface area contributed by atoms with Crippen LogP contribution in [0, 0.1) is 12.8 Å². The Bertz CT molecular complexity index is 397. The lowest BCUT2D eigenvalue weighted by Gasteiger charge is -2.28. The van der Waals surface area contributed by atoms with E-state index < -0.39 is 5.54 Å². The number of hydrogen-bond acceptors (Lipinski definition) is 3. The largest absolute Gasteiger partial charge is 0.394 e. The Balaban J connectivity index is 2.09. The molecule has 1 fully saturated rings. The number of thiophene rings is 1. The van der Waals surface area contributed by atoms with E-state index in [-0.39, 0.29) is 12.5 Å². The molecule has 0 aromatic carbocycles. The van der Waals surface area contributed by atoms with Gasteiger partial charge in [-0.2, -0.15) is 11.3 Å². The zero-order chi connectivity index (χ0) is 11.8. The van der Waals surface area contributed by atoms with Gasteiger partial charge in [0.15, 0.2) is 0 Å². The summed E-state index contributed by atoms with van der Waals surface area (Å²) < 4.78 is 0. The predicted molar refractivity (Wildman–Crippen MR) is 64.7 cm³/mol. The highest BCUT2D eigenvalue weighted by atomic mass is 32.1. The summed E-state index contributed by atoms with van der Waals surface area (Å²) in [5, 5.41) is 16.2. The second-order valence-electron chi connectivity index (χ2n) is 4.77. The lowest BCUT2D eigenvalue weighted by molar-refractivity contribution is 0.0824. The van der Waals surface area contributed by atoms with Crippen molar-refractivity contribution in [3.05, 3.63) is 21.9 Å². The van der Waals surface area contributed by atoms with Crippen LogP contribution < -0.4 is 5.32 Å². The molecule has 16 heavy (non-hydrogen) atoms. The molecule has 1 saturated carbocycles. The fraction of sp³-hybridized carbons (Fsp3) is 0.583. The number of aliphatic hydroxyl groups excluding tert-OH is 1. The van der Waals surface area contributed by atoms with Crippen LogP contribution >= 0.6 is 11.3 Å². The molecule has 0 spiro atoms. The van der Waals surface area contributed by atoms with E-state index in [2.05, 4.69) is 5.32 Å². The number of carbonyl (C=O) groups is 1. The number of aliphatic hydroxyl groups is 1. The van der Waals surface area contributed by atoms with Gasteiger partial charge in [0, 0.05) is 5.38 Å². The SMILES string of the molecule is Cc1cscc1C(=O)NC(C)(CO)C1CC1. The summed E-state index contributed by atoms with van der Waals surface area (Å²) in [5.41, 5.74) is 1.27.